The summed E-state index contributed by atoms with van der Waals surface area (Å²) >= 11 is 12.7. The molecular formula is C25H22Cl2N2O5S. The first-order valence-corrected chi connectivity index (χ1v) is 13.0. The fraction of sp³-hybridized carbons (Fsp3) is 0.200. The summed E-state index contributed by atoms with van der Waals surface area (Å²) in [6, 6.07) is 19.1. The summed E-state index contributed by atoms with van der Waals surface area (Å²) in [5.74, 6) is -0.827. The van der Waals surface area contributed by atoms with Gasteiger partial charge in [-0.05, 0) is 42.3 Å². The van der Waals surface area contributed by atoms with Gasteiger partial charge in [0.1, 0.15) is 18.7 Å². The van der Waals surface area contributed by atoms with Crippen molar-refractivity contribution >= 4 is 45.2 Å². The minimum atomic E-state index is -4.17. The largest absolute Gasteiger partial charge is 0.446 e. The molecule has 35 heavy (non-hydrogen) atoms. The zero-order chi connectivity index (χ0) is 25.2. The number of carbonyl (C=O) groups excluding carboxylic acids is 2. The van der Waals surface area contributed by atoms with Crippen LogP contribution in [0.1, 0.15) is 28.1 Å². The molecule has 0 aromatic heterocycles. The first-order valence-electron chi connectivity index (χ1n) is 10.7. The lowest BCUT2D eigenvalue weighted by molar-refractivity contribution is -0.131. The van der Waals surface area contributed by atoms with Crippen LogP contribution < -0.4 is 4.72 Å². The zero-order valence-electron chi connectivity index (χ0n) is 18.6. The minimum Gasteiger partial charge on any atom is -0.446 e. The highest BCUT2D eigenvalue weighted by Gasteiger charge is 2.45. The smallest absolute Gasteiger partial charge is 0.417 e. The molecule has 0 aliphatic carbocycles. The zero-order valence-corrected chi connectivity index (χ0v) is 20.9. The lowest BCUT2D eigenvalue weighted by atomic mass is 10.0. The lowest BCUT2D eigenvalue weighted by Gasteiger charge is -2.28. The van der Waals surface area contributed by atoms with Gasteiger partial charge in [0.2, 0.25) is 10.0 Å². The summed E-state index contributed by atoms with van der Waals surface area (Å²) < 4.78 is 34.0. The van der Waals surface area contributed by atoms with Crippen LogP contribution in [0.15, 0.2) is 83.8 Å². The Morgan fingerprint density at radius 3 is 2.29 bits per heavy atom. The van der Waals surface area contributed by atoms with Gasteiger partial charge in [-0.3, -0.25) is 4.79 Å². The molecule has 7 nitrogen and oxygen atoms in total. The Morgan fingerprint density at radius 1 is 1.03 bits per heavy atom. The van der Waals surface area contributed by atoms with Crippen molar-refractivity contribution in [2.75, 3.05) is 6.61 Å². The molecule has 3 aromatic carbocycles. The van der Waals surface area contributed by atoms with E-state index in [1.54, 1.807) is 66.7 Å². The number of amides is 2. The van der Waals surface area contributed by atoms with Gasteiger partial charge in [-0.1, -0.05) is 71.8 Å². The van der Waals surface area contributed by atoms with Gasteiger partial charge in [-0.25, -0.2) is 18.1 Å². The Labute approximate surface area is 213 Å². The van der Waals surface area contributed by atoms with E-state index in [-0.39, 0.29) is 11.5 Å². The summed E-state index contributed by atoms with van der Waals surface area (Å²) in [5, 5.41) is -0.696. The quantitative estimate of drug-likeness (QED) is 0.432. The van der Waals surface area contributed by atoms with Gasteiger partial charge in [0.15, 0.2) is 0 Å². The number of carbonyl (C=O) groups is 2. The van der Waals surface area contributed by atoms with Gasteiger partial charge in [0.05, 0.1) is 10.3 Å². The Kier molecular flexibility index (Phi) is 7.47. The molecule has 3 aromatic rings. The fourth-order valence-corrected chi connectivity index (χ4v) is 5.48. The van der Waals surface area contributed by atoms with Crippen LogP contribution in [0.4, 0.5) is 4.79 Å². The third-order valence-electron chi connectivity index (χ3n) is 5.66. The molecule has 1 aliphatic heterocycles. The predicted molar refractivity (Wildman–Crippen MR) is 133 cm³/mol. The van der Waals surface area contributed by atoms with Crippen LogP contribution in [0.2, 0.25) is 5.02 Å². The molecular weight excluding hydrogens is 511 g/mol. The van der Waals surface area contributed by atoms with E-state index >= 15 is 0 Å². The highest BCUT2D eigenvalue weighted by atomic mass is 35.5. The van der Waals surface area contributed by atoms with E-state index in [0.717, 1.165) is 10.5 Å². The molecule has 10 heteroatoms. The predicted octanol–water partition coefficient (Wildman–Crippen LogP) is 5.00. The Balaban J connectivity index is 1.73. The number of aryl methyl sites for hydroxylation is 1. The standard InChI is InChI=1S/C25H22Cl2N2O5S/c1-16-7-13-20(14-8-16)35(32,33)28-23(22(27)18-9-11-19(26)12-10-18)24(30)29-21(15-34-25(29)31)17-5-3-2-4-6-17/h2-14,21-23,28H,15H2,1H3/t21-,22-,23-/m1/s1. The Morgan fingerprint density at radius 2 is 1.66 bits per heavy atom. The van der Waals surface area contributed by atoms with E-state index in [1.165, 1.54) is 12.1 Å². The topological polar surface area (TPSA) is 92.8 Å². The van der Waals surface area contributed by atoms with Crippen LogP contribution in [0.3, 0.4) is 0 Å². The van der Waals surface area contributed by atoms with Crippen molar-refractivity contribution < 1.29 is 22.7 Å². The first-order chi connectivity index (χ1) is 16.7. The number of rotatable bonds is 7. The van der Waals surface area contributed by atoms with Gasteiger partial charge < -0.3 is 4.74 Å². The number of nitrogens with zero attached hydrogens (tertiary/aromatic N) is 1. The molecule has 1 N–H and O–H groups in total. The van der Waals surface area contributed by atoms with Crippen LogP contribution in [-0.4, -0.2) is 38.0 Å². The molecule has 1 fully saturated rings. The van der Waals surface area contributed by atoms with Crippen LogP contribution in [-0.2, 0) is 19.6 Å². The molecule has 2 amide bonds. The van der Waals surface area contributed by atoms with E-state index < -0.39 is 39.5 Å². The van der Waals surface area contributed by atoms with Crippen molar-refractivity contribution in [2.45, 2.75) is 29.3 Å². The van der Waals surface area contributed by atoms with Crippen molar-refractivity contribution in [3.8, 4) is 0 Å². The van der Waals surface area contributed by atoms with Gasteiger partial charge in [-0.2, -0.15) is 4.72 Å². The number of sulfonamides is 1. The number of imide groups is 1. The van der Waals surface area contributed by atoms with Gasteiger partial charge in [0.25, 0.3) is 5.91 Å². The number of halogens is 2. The molecule has 0 saturated carbocycles. The summed E-state index contributed by atoms with van der Waals surface area (Å²) in [6.45, 7) is 1.77. The molecule has 1 saturated heterocycles. The van der Waals surface area contributed by atoms with Gasteiger partial charge >= 0.3 is 6.09 Å². The van der Waals surface area contributed by atoms with Crippen molar-refractivity contribution in [3.05, 3.63) is 101 Å². The molecule has 1 heterocycles. The third kappa shape index (κ3) is 5.51. The summed E-state index contributed by atoms with van der Waals surface area (Å²) in [4.78, 5) is 27.3. The Hall–Kier alpha value is -2.91. The van der Waals surface area contributed by atoms with Crippen molar-refractivity contribution in [1.82, 2.24) is 9.62 Å². The maximum atomic E-state index is 13.8. The number of hydrogen-bond acceptors (Lipinski definition) is 5. The normalized spacial score (nSPS) is 17.6. The Bertz CT molecular complexity index is 1320. The second kappa shape index (κ2) is 10.4. The van der Waals surface area contributed by atoms with Crippen LogP contribution in [0.25, 0.3) is 0 Å². The maximum Gasteiger partial charge on any atom is 0.417 e. The molecule has 0 radical (unpaired) electrons. The highest BCUT2D eigenvalue weighted by molar-refractivity contribution is 7.89. The molecule has 182 valence electrons. The summed E-state index contributed by atoms with van der Waals surface area (Å²) in [6.07, 6.45) is -0.872. The van der Waals surface area contributed by atoms with E-state index in [4.69, 9.17) is 27.9 Å². The fourth-order valence-electron chi connectivity index (χ4n) is 3.76. The second-order valence-electron chi connectivity index (χ2n) is 8.08. The monoisotopic (exact) mass is 532 g/mol. The third-order valence-corrected chi connectivity index (χ3v) is 7.87. The van der Waals surface area contributed by atoms with Crippen molar-refractivity contribution in [1.29, 1.82) is 0 Å². The maximum absolute atomic E-state index is 13.8. The minimum absolute atomic E-state index is 0.0375. The van der Waals surface area contributed by atoms with E-state index in [2.05, 4.69) is 4.72 Å². The van der Waals surface area contributed by atoms with Crippen LogP contribution >= 0.6 is 23.2 Å². The number of alkyl halides is 1. The molecule has 3 atom stereocenters. The lowest BCUT2D eigenvalue weighted by Crippen LogP contribution is -2.51. The number of hydrogen-bond donors (Lipinski definition) is 1. The molecule has 0 bridgehead atoms. The first kappa shape index (κ1) is 25.2. The average Bonchev–Trinajstić information content (AvgIpc) is 3.24. The van der Waals surface area contributed by atoms with Gasteiger partial charge in [0, 0.05) is 5.02 Å². The number of cyclic esters (lactones) is 1. The molecule has 0 unspecified atom stereocenters. The van der Waals surface area contributed by atoms with Crippen molar-refractivity contribution in [2.24, 2.45) is 0 Å². The van der Waals surface area contributed by atoms with E-state index in [9.17, 15) is 18.0 Å². The molecule has 0 spiro atoms. The SMILES string of the molecule is Cc1ccc(S(=O)(=O)N[C@@H](C(=O)N2C(=O)OC[C@@H]2c2ccccc2)[C@H](Cl)c2ccc(Cl)cc2)cc1. The highest BCUT2D eigenvalue weighted by Crippen LogP contribution is 2.33. The van der Waals surface area contributed by atoms with Gasteiger partial charge in [-0.15, -0.1) is 11.6 Å². The summed E-state index contributed by atoms with van der Waals surface area (Å²) in [5.41, 5.74) is 1.99. The second-order valence-corrected chi connectivity index (χ2v) is 10.7. The van der Waals surface area contributed by atoms with Crippen molar-refractivity contribution in [3.63, 3.8) is 0 Å². The number of nitrogens with one attached hydrogen (secondary N) is 1. The number of benzene rings is 3. The molecule has 4 rings (SSSR count). The molecule has 1 aliphatic rings. The summed E-state index contributed by atoms with van der Waals surface area (Å²) in [7, 11) is -4.17. The van der Waals surface area contributed by atoms with E-state index in [1.807, 2.05) is 6.92 Å². The van der Waals surface area contributed by atoms with Crippen LogP contribution in [0.5, 0.6) is 0 Å². The van der Waals surface area contributed by atoms with E-state index in [0.29, 0.717) is 16.1 Å². The average molecular weight is 533 g/mol. The number of ether oxygens (including phenoxy) is 1. The van der Waals surface area contributed by atoms with Crippen LogP contribution in [0, 0.1) is 6.92 Å².